The summed E-state index contributed by atoms with van der Waals surface area (Å²) in [4.78, 5) is 29.1. The summed E-state index contributed by atoms with van der Waals surface area (Å²) >= 11 is 7.38. The largest absolute Gasteiger partial charge is 0.478 e. The van der Waals surface area contributed by atoms with Crippen molar-refractivity contribution in [2.45, 2.75) is 12.8 Å². The summed E-state index contributed by atoms with van der Waals surface area (Å²) in [5.74, 6) is -1.38. The van der Waals surface area contributed by atoms with Gasteiger partial charge in [0.2, 0.25) is 0 Å². The quantitative estimate of drug-likeness (QED) is 0.623. The van der Waals surface area contributed by atoms with Crippen molar-refractivity contribution in [2.75, 3.05) is 5.73 Å². The summed E-state index contributed by atoms with van der Waals surface area (Å²) in [5, 5.41) is 10.8. The van der Waals surface area contributed by atoms with E-state index in [0.29, 0.717) is 11.4 Å². The smallest absolute Gasteiger partial charge is 0.340 e. The molecule has 0 fully saturated rings. The summed E-state index contributed by atoms with van der Waals surface area (Å²) in [6.45, 7) is 0. The van der Waals surface area contributed by atoms with Crippen LogP contribution in [0.3, 0.4) is 0 Å². The number of ketones is 1. The molecule has 0 aliphatic rings. The van der Waals surface area contributed by atoms with Crippen LogP contribution in [-0.2, 0) is 13.5 Å². The van der Waals surface area contributed by atoms with Gasteiger partial charge < -0.3 is 15.4 Å². The summed E-state index contributed by atoms with van der Waals surface area (Å²) in [6.07, 6.45) is 3.87. The van der Waals surface area contributed by atoms with E-state index in [9.17, 15) is 14.7 Å². The molecule has 0 amide bonds. The van der Waals surface area contributed by atoms with Crippen molar-refractivity contribution in [1.82, 2.24) is 9.55 Å². The predicted octanol–water partition coefficient (Wildman–Crippen LogP) is 3.90. The van der Waals surface area contributed by atoms with Crippen molar-refractivity contribution < 1.29 is 14.7 Å². The molecule has 0 radical (unpaired) electrons. The number of aromatic nitrogens is 2. The van der Waals surface area contributed by atoms with Gasteiger partial charge in [0.15, 0.2) is 5.78 Å². The van der Waals surface area contributed by atoms with Gasteiger partial charge in [-0.05, 0) is 18.6 Å². The fourth-order valence-corrected chi connectivity index (χ4v) is 3.64. The highest BCUT2D eigenvalue weighted by molar-refractivity contribution is 7.15. The summed E-state index contributed by atoms with van der Waals surface area (Å²) in [5.41, 5.74) is 6.70. The second-order valence-electron chi connectivity index (χ2n) is 5.78. The highest BCUT2D eigenvalue weighted by atomic mass is 35.5. The van der Waals surface area contributed by atoms with Crippen LogP contribution in [0.25, 0.3) is 10.6 Å². The summed E-state index contributed by atoms with van der Waals surface area (Å²) in [7, 11) is 1.61. The van der Waals surface area contributed by atoms with Gasteiger partial charge in [0.05, 0.1) is 5.56 Å². The highest BCUT2D eigenvalue weighted by Gasteiger charge is 2.23. The average molecular weight is 390 g/mol. The first kappa shape index (κ1) is 18.2. The number of Topliss-reactive ketones (excluding diaryl/α,β-unsaturated/α-hetero) is 1. The van der Waals surface area contributed by atoms with E-state index >= 15 is 0 Å². The summed E-state index contributed by atoms with van der Waals surface area (Å²) in [6, 6.07) is 7.38. The maximum Gasteiger partial charge on any atom is 0.340 e. The Hall–Kier alpha value is -2.64. The monoisotopic (exact) mass is 389 g/mol. The van der Waals surface area contributed by atoms with Crippen molar-refractivity contribution in [3.8, 4) is 10.6 Å². The highest BCUT2D eigenvalue weighted by Crippen LogP contribution is 2.28. The third kappa shape index (κ3) is 3.63. The van der Waals surface area contributed by atoms with Crippen LogP contribution in [0, 0.1) is 0 Å². The molecule has 0 saturated carbocycles. The van der Waals surface area contributed by atoms with Crippen LogP contribution in [0.5, 0.6) is 0 Å². The molecular formula is C18H16ClN3O3S. The molecule has 0 aliphatic heterocycles. The molecule has 0 unspecified atom stereocenters. The van der Waals surface area contributed by atoms with Crippen molar-refractivity contribution in [2.24, 2.45) is 7.05 Å². The number of carboxylic acid groups (broad SMARTS) is 1. The van der Waals surface area contributed by atoms with Gasteiger partial charge in [0.1, 0.15) is 16.4 Å². The molecule has 8 heteroatoms. The van der Waals surface area contributed by atoms with E-state index in [0.717, 1.165) is 15.4 Å². The SMILES string of the molecule is Cn1cc(C(=O)CCc2cnc(-c3ccc(Cl)cc3)s2)c(C(=O)O)c1N. The van der Waals surface area contributed by atoms with E-state index in [1.807, 2.05) is 12.1 Å². The number of aryl methyl sites for hydroxylation is 2. The third-order valence-electron chi connectivity index (χ3n) is 3.99. The lowest BCUT2D eigenvalue weighted by Gasteiger charge is -2.00. The molecule has 2 heterocycles. The Balaban J connectivity index is 1.72. The first-order valence-electron chi connectivity index (χ1n) is 7.78. The lowest BCUT2D eigenvalue weighted by atomic mass is 10.0. The molecule has 6 nitrogen and oxygen atoms in total. The molecule has 0 spiro atoms. The minimum absolute atomic E-state index is 0.0728. The fraction of sp³-hybridized carbons (Fsp3) is 0.167. The number of rotatable bonds is 6. The molecule has 0 aliphatic carbocycles. The number of benzene rings is 1. The number of nitrogen functional groups attached to an aromatic ring is 1. The van der Waals surface area contributed by atoms with E-state index in [-0.39, 0.29) is 29.1 Å². The Kier molecular flexibility index (Phi) is 5.11. The molecule has 0 atom stereocenters. The second-order valence-corrected chi connectivity index (χ2v) is 7.33. The molecule has 26 heavy (non-hydrogen) atoms. The van der Waals surface area contributed by atoms with Gasteiger partial charge in [-0.25, -0.2) is 9.78 Å². The average Bonchev–Trinajstić information content (AvgIpc) is 3.19. The standard InChI is InChI=1S/C18H16ClN3O3S/c1-22-9-13(15(16(22)20)18(24)25)14(23)7-6-12-8-21-17(26-12)10-2-4-11(19)5-3-10/h2-5,8-9H,6-7,20H2,1H3,(H,24,25). The second kappa shape index (κ2) is 7.31. The number of nitrogens with two attached hydrogens (primary N) is 1. The normalized spacial score (nSPS) is 10.8. The first-order valence-corrected chi connectivity index (χ1v) is 8.98. The van der Waals surface area contributed by atoms with Crippen molar-refractivity contribution >= 4 is 40.5 Å². The zero-order valence-corrected chi connectivity index (χ0v) is 15.5. The van der Waals surface area contributed by atoms with Crippen LogP contribution < -0.4 is 5.73 Å². The van der Waals surface area contributed by atoms with Gasteiger partial charge in [0, 0.05) is 41.3 Å². The predicted molar refractivity (Wildman–Crippen MR) is 102 cm³/mol. The number of carboxylic acids is 1. The van der Waals surface area contributed by atoms with Crippen LogP contribution in [-0.4, -0.2) is 26.4 Å². The molecule has 3 rings (SSSR count). The Bertz CT molecular complexity index is 976. The number of anilines is 1. The van der Waals surface area contributed by atoms with Gasteiger partial charge in [0.25, 0.3) is 0 Å². The van der Waals surface area contributed by atoms with E-state index in [4.69, 9.17) is 17.3 Å². The van der Waals surface area contributed by atoms with Crippen LogP contribution in [0.4, 0.5) is 5.82 Å². The molecule has 0 saturated heterocycles. The van der Waals surface area contributed by atoms with Crippen LogP contribution in [0.2, 0.25) is 5.02 Å². The zero-order chi connectivity index (χ0) is 18.8. The molecule has 3 aromatic rings. The number of hydrogen-bond donors (Lipinski definition) is 2. The number of thiazole rings is 1. The van der Waals surface area contributed by atoms with Gasteiger partial charge in [-0.2, -0.15) is 0 Å². The molecule has 2 aromatic heterocycles. The maximum absolute atomic E-state index is 12.5. The molecule has 0 bridgehead atoms. The Morgan fingerprint density at radius 3 is 2.65 bits per heavy atom. The minimum Gasteiger partial charge on any atom is -0.478 e. The zero-order valence-electron chi connectivity index (χ0n) is 13.9. The Morgan fingerprint density at radius 2 is 2.00 bits per heavy atom. The number of aromatic carboxylic acids is 1. The van der Waals surface area contributed by atoms with Crippen LogP contribution in [0.1, 0.15) is 32.0 Å². The van der Waals surface area contributed by atoms with Crippen LogP contribution >= 0.6 is 22.9 Å². The van der Waals surface area contributed by atoms with Gasteiger partial charge >= 0.3 is 5.97 Å². The van der Waals surface area contributed by atoms with Crippen LogP contribution in [0.15, 0.2) is 36.7 Å². The molecule has 3 N–H and O–H groups in total. The van der Waals surface area contributed by atoms with E-state index in [1.54, 1.807) is 25.4 Å². The van der Waals surface area contributed by atoms with Crippen molar-refractivity contribution in [3.05, 3.63) is 57.7 Å². The molecule has 1 aromatic carbocycles. The van der Waals surface area contributed by atoms with Gasteiger partial charge in [-0.1, -0.05) is 23.7 Å². The summed E-state index contributed by atoms with van der Waals surface area (Å²) < 4.78 is 1.45. The lowest BCUT2D eigenvalue weighted by Crippen LogP contribution is -2.08. The Morgan fingerprint density at radius 1 is 1.31 bits per heavy atom. The lowest BCUT2D eigenvalue weighted by molar-refractivity contribution is 0.0693. The van der Waals surface area contributed by atoms with Gasteiger partial charge in [-0.3, -0.25) is 4.79 Å². The van der Waals surface area contributed by atoms with E-state index in [2.05, 4.69) is 4.98 Å². The number of halogens is 1. The number of nitrogens with zero attached hydrogens (tertiary/aromatic N) is 2. The van der Waals surface area contributed by atoms with E-state index < -0.39 is 5.97 Å². The molecular weight excluding hydrogens is 374 g/mol. The topological polar surface area (TPSA) is 98.2 Å². The third-order valence-corrected chi connectivity index (χ3v) is 5.34. The maximum atomic E-state index is 12.5. The van der Waals surface area contributed by atoms with Crippen molar-refractivity contribution in [3.63, 3.8) is 0 Å². The molecule has 134 valence electrons. The number of hydrogen-bond acceptors (Lipinski definition) is 5. The number of carbonyl (C=O) groups excluding carboxylic acids is 1. The number of carbonyl (C=O) groups is 2. The van der Waals surface area contributed by atoms with E-state index in [1.165, 1.54) is 22.1 Å². The van der Waals surface area contributed by atoms with Crippen molar-refractivity contribution in [1.29, 1.82) is 0 Å². The Labute approximate surface area is 158 Å². The van der Waals surface area contributed by atoms with Gasteiger partial charge in [-0.15, -0.1) is 11.3 Å². The minimum atomic E-state index is -1.20. The fourth-order valence-electron chi connectivity index (χ4n) is 2.60. The first-order chi connectivity index (χ1) is 12.4.